The third-order valence-electron chi connectivity index (χ3n) is 2.68. The van der Waals surface area contributed by atoms with E-state index in [1.807, 2.05) is 42.0 Å². The Morgan fingerprint density at radius 1 is 1.53 bits per heavy atom. The molecule has 1 atom stereocenters. The van der Waals surface area contributed by atoms with Crippen molar-refractivity contribution in [3.05, 3.63) is 36.7 Å². The molecule has 1 aromatic carbocycles. The van der Waals surface area contributed by atoms with Crippen molar-refractivity contribution in [1.82, 2.24) is 9.55 Å². The van der Waals surface area contributed by atoms with Gasteiger partial charge >= 0.3 is 0 Å². The molecule has 0 aliphatic carbocycles. The maximum atomic E-state index is 9.10. The van der Waals surface area contributed by atoms with E-state index in [0.29, 0.717) is 5.69 Å². The predicted octanol–water partition coefficient (Wildman–Crippen LogP) is 2.61. The fourth-order valence-corrected chi connectivity index (χ4v) is 1.82. The van der Waals surface area contributed by atoms with Gasteiger partial charge in [0.1, 0.15) is 11.9 Å². The first-order valence-electron chi connectivity index (χ1n) is 5.54. The second-order valence-corrected chi connectivity index (χ2v) is 3.84. The van der Waals surface area contributed by atoms with Crippen molar-refractivity contribution < 1.29 is 0 Å². The molecule has 4 heteroatoms. The predicted molar refractivity (Wildman–Crippen MR) is 67.0 cm³/mol. The minimum absolute atomic E-state index is 0.186. The van der Waals surface area contributed by atoms with Crippen molar-refractivity contribution in [3.63, 3.8) is 0 Å². The highest BCUT2D eigenvalue weighted by atomic mass is 15.1. The van der Waals surface area contributed by atoms with Crippen LogP contribution < -0.4 is 5.73 Å². The van der Waals surface area contributed by atoms with E-state index >= 15 is 0 Å². The van der Waals surface area contributed by atoms with Gasteiger partial charge in [-0.05, 0) is 18.6 Å². The molecule has 1 aromatic heterocycles. The summed E-state index contributed by atoms with van der Waals surface area (Å²) in [5.74, 6) is 0.783. The van der Waals surface area contributed by atoms with Crippen LogP contribution in [0.1, 0.15) is 19.4 Å². The molecule has 2 rings (SSSR count). The van der Waals surface area contributed by atoms with Crippen LogP contribution in [-0.2, 0) is 0 Å². The lowest BCUT2D eigenvalue weighted by Gasteiger charge is -2.12. The van der Waals surface area contributed by atoms with E-state index in [1.54, 1.807) is 6.20 Å². The van der Waals surface area contributed by atoms with E-state index in [2.05, 4.69) is 11.1 Å². The number of rotatable bonds is 3. The van der Waals surface area contributed by atoms with E-state index < -0.39 is 0 Å². The zero-order valence-corrected chi connectivity index (χ0v) is 9.67. The first-order chi connectivity index (χ1) is 8.26. The van der Waals surface area contributed by atoms with Gasteiger partial charge in [-0.1, -0.05) is 19.1 Å². The summed E-state index contributed by atoms with van der Waals surface area (Å²) < 4.78 is 1.88. The maximum Gasteiger partial charge on any atom is 0.141 e. The summed E-state index contributed by atoms with van der Waals surface area (Å²) >= 11 is 0. The van der Waals surface area contributed by atoms with Gasteiger partial charge < -0.3 is 10.3 Å². The monoisotopic (exact) mass is 226 g/mol. The quantitative estimate of drug-likeness (QED) is 0.818. The van der Waals surface area contributed by atoms with Crippen LogP contribution in [0.2, 0.25) is 0 Å². The molecule has 17 heavy (non-hydrogen) atoms. The van der Waals surface area contributed by atoms with Crippen molar-refractivity contribution in [2.45, 2.75) is 19.4 Å². The van der Waals surface area contributed by atoms with Gasteiger partial charge in [-0.15, -0.1) is 0 Å². The minimum Gasteiger partial charge on any atom is -0.399 e. The molecule has 0 aliphatic heterocycles. The van der Waals surface area contributed by atoms with Gasteiger partial charge in [0.25, 0.3) is 0 Å². The fourth-order valence-electron chi connectivity index (χ4n) is 1.82. The number of imidazole rings is 1. The van der Waals surface area contributed by atoms with Crippen LogP contribution in [0.25, 0.3) is 11.4 Å². The second kappa shape index (κ2) is 4.71. The number of hydrogen-bond donors (Lipinski definition) is 1. The summed E-state index contributed by atoms with van der Waals surface area (Å²) in [5.41, 5.74) is 7.38. The van der Waals surface area contributed by atoms with Crippen LogP contribution in [0.15, 0.2) is 36.7 Å². The Balaban J connectivity index is 2.47. The summed E-state index contributed by atoms with van der Waals surface area (Å²) in [6.45, 7) is 1.98. The molecule has 0 amide bonds. The highest BCUT2D eigenvalue weighted by molar-refractivity contribution is 5.61. The molecule has 0 fully saturated rings. The van der Waals surface area contributed by atoms with Crippen LogP contribution in [0, 0.1) is 11.3 Å². The van der Waals surface area contributed by atoms with Crippen molar-refractivity contribution in [3.8, 4) is 17.5 Å². The van der Waals surface area contributed by atoms with Crippen LogP contribution >= 0.6 is 0 Å². The molecule has 0 aliphatic rings. The lowest BCUT2D eigenvalue weighted by Crippen LogP contribution is -2.06. The highest BCUT2D eigenvalue weighted by Gasteiger charge is 2.13. The van der Waals surface area contributed by atoms with Crippen molar-refractivity contribution in [1.29, 1.82) is 5.26 Å². The Kier molecular flexibility index (Phi) is 3.10. The normalized spacial score (nSPS) is 12.0. The molecule has 2 N–H and O–H groups in total. The molecule has 0 bridgehead atoms. The van der Waals surface area contributed by atoms with Crippen LogP contribution in [0.3, 0.4) is 0 Å². The van der Waals surface area contributed by atoms with Crippen LogP contribution in [-0.4, -0.2) is 9.55 Å². The zero-order chi connectivity index (χ0) is 12.3. The van der Waals surface area contributed by atoms with Gasteiger partial charge in [-0.2, -0.15) is 5.26 Å². The fraction of sp³-hybridized carbons (Fsp3) is 0.231. The van der Waals surface area contributed by atoms with Gasteiger partial charge in [0, 0.05) is 23.6 Å². The van der Waals surface area contributed by atoms with E-state index in [0.717, 1.165) is 17.8 Å². The number of anilines is 1. The molecule has 0 saturated carbocycles. The molecule has 1 heterocycles. The number of nitrogen functional groups attached to an aromatic ring is 1. The first-order valence-corrected chi connectivity index (χ1v) is 5.54. The van der Waals surface area contributed by atoms with E-state index in [4.69, 9.17) is 11.0 Å². The molecule has 4 nitrogen and oxygen atoms in total. The summed E-state index contributed by atoms with van der Waals surface area (Å²) in [7, 11) is 0. The van der Waals surface area contributed by atoms with E-state index in [9.17, 15) is 0 Å². The number of aromatic nitrogens is 2. The molecular weight excluding hydrogens is 212 g/mol. The Labute approximate surface area is 100 Å². The zero-order valence-electron chi connectivity index (χ0n) is 9.67. The largest absolute Gasteiger partial charge is 0.399 e. The third kappa shape index (κ3) is 2.13. The molecule has 2 aromatic rings. The topological polar surface area (TPSA) is 67.6 Å². The molecular formula is C13H14N4. The Hall–Kier alpha value is -2.28. The summed E-state index contributed by atoms with van der Waals surface area (Å²) in [5, 5.41) is 9.10. The second-order valence-electron chi connectivity index (χ2n) is 3.84. The van der Waals surface area contributed by atoms with Gasteiger partial charge in [0.05, 0.1) is 6.07 Å². The van der Waals surface area contributed by atoms with E-state index in [1.165, 1.54) is 0 Å². The lowest BCUT2D eigenvalue weighted by molar-refractivity contribution is 0.603. The van der Waals surface area contributed by atoms with Crippen molar-refractivity contribution in [2.24, 2.45) is 0 Å². The average molecular weight is 226 g/mol. The Morgan fingerprint density at radius 3 is 3.00 bits per heavy atom. The standard InChI is InChI=1S/C13H14N4/c1-2-12(9-14)17-7-6-16-13(17)10-4-3-5-11(15)8-10/h3-8,12H,2,15H2,1H3. The Bertz CT molecular complexity index is 551. The summed E-state index contributed by atoms with van der Waals surface area (Å²) in [6, 6.07) is 9.61. The number of benzene rings is 1. The average Bonchev–Trinajstić information content (AvgIpc) is 2.80. The molecule has 0 saturated heterocycles. The minimum atomic E-state index is -0.186. The summed E-state index contributed by atoms with van der Waals surface area (Å²) in [6.07, 6.45) is 4.29. The van der Waals surface area contributed by atoms with Crippen LogP contribution in [0.4, 0.5) is 5.69 Å². The number of hydrogen-bond acceptors (Lipinski definition) is 3. The van der Waals surface area contributed by atoms with Crippen molar-refractivity contribution >= 4 is 5.69 Å². The highest BCUT2D eigenvalue weighted by Crippen LogP contribution is 2.23. The van der Waals surface area contributed by atoms with Crippen molar-refractivity contribution in [2.75, 3.05) is 5.73 Å². The van der Waals surface area contributed by atoms with Gasteiger partial charge in [-0.25, -0.2) is 4.98 Å². The number of nitriles is 1. The number of nitrogens with zero attached hydrogens (tertiary/aromatic N) is 3. The first kappa shape index (κ1) is 11.2. The Morgan fingerprint density at radius 2 is 2.35 bits per heavy atom. The van der Waals surface area contributed by atoms with Gasteiger partial charge in [0.2, 0.25) is 0 Å². The number of nitrogens with two attached hydrogens (primary N) is 1. The third-order valence-corrected chi connectivity index (χ3v) is 2.68. The van der Waals surface area contributed by atoms with E-state index in [-0.39, 0.29) is 6.04 Å². The molecule has 0 radical (unpaired) electrons. The SMILES string of the molecule is CCC(C#N)n1ccnc1-c1cccc(N)c1. The van der Waals surface area contributed by atoms with Gasteiger partial charge in [0.15, 0.2) is 0 Å². The lowest BCUT2D eigenvalue weighted by atomic mass is 10.1. The smallest absolute Gasteiger partial charge is 0.141 e. The molecule has 86 valence electrons. The van der Waals surface area contributed by atoms with Crippen LogP contribution in [0.5, 0.6) is 0 Å². The molecule has 1 unspecified atom stereocenters. The molecule has 0 spiro atoms. The maximum absolute atomic E-state index is 9.10. The summed E-state index contributed by atoms with van der Waals surface area (Å²) in [4.78, 5) is 4.30. The van der Waals surface area contributed by atoms with Gasteiger partial charge in [-0.3, -0.25) is 0 Å².